The molecule has 2 N–H and O–H groups in total. The second-order valence-electron chi connectivity index (χ2n) is 7.77. The van der Waals surface area contributed by atoms with E-state index in [1.807, 2.05) is 39.0 Å². The Bertz CT molecular complexity index is 1440. The van der Waals surface area contributed by atoms with E-state index in [1.165, 1.54) is 22.5 Å². The minimum absolute atomic E-state index is 0.0792. The molecule has 2 aromatic heterocycles. The Labute approximate surface area is 200 Å². The van der Waals surface area contributed by atoms with E-state index >= 15 is 0 Å². The van der Waals surface area contributed by atoms with Crippen LogP contribution in [-0.4, -0.2) is 37.5 Å². The van der Waals surface area contributed by atoms with Crippen molar-refractivity contribution >= 4 is 34.7 Å². The number of rotatable bonds is 6. The van der Waals surface area contributed by atoms with Crippen molar-refractivity contribution in [2.24, 2.45) is 5.10 Å². The molecule has 1 amide bonds. The van der Waals surface area contributed by atoms with Crippen molar-refractivity contribution in [3.63, 3.8) is 0 Å². The molecule has 2 heterocycles. The molecule has 0 saturated heterocycles. The number of amides is 1. The van der Waals surface area contributed by atoms with Gasteiger partial charge in [-0.05, 0) is 45.0 Å². The number of hydrogen-bond donors (Lipinski definition) is 2. The Morgan fingerprint density at radius 2 is 1.71 bits per heavy atom. The fraction of sp³-hybridized carbons (Fsp3) is 0.160. The zero-order chi connectivity index (χ0) is 24.2. The van der Waals surface area contributed by atoms with Crippen LogP contribution in [0.3, 0.4) is 0 Å². The van der Waals surface area contributed by atoms with Crippen LogP contribution in [0.15, 0.2) is 69.6 Å². The zero-order valence-electron chi connectivity index (χ0n) is 18.9. The number of thioether (sulfide) groups is 1. The maximum atomic E-state index is 13.1. The fourth-order valence-electron chi connectivity index (χ4n) is 3.51. The molecule has 0 aliphatic rings. The topological polar surface area (TPSA) is 109 Å². The summed E-state index contributed by atoms with van der Waals surface area (Å²) >= 11 is 1.21. The smallest absolute Gasteiger partial charge is 0.265 e. The highest BCUT2D eigenvalue weighted by molar-refractivity contribution is 7.99. The maximum absolute atomic E-state index is 13.1. The predicted molar refractivity (Wildman–Crippen MR) is 134 cm³/mol. The number of nitrogens with zero attached hydrogens (tertiary/aromatic N) is 4. The van der Waals surface area contributed by atoms with Gasteiger partial charge in [0.2, 0.25) is 5.88 Å². The average Bonchev–Trinajstić information content (AvgIpc) is 2.80. The van der Waals surface area contributed by atoms with E-state index in [-0.39, 0.29) is 23.1 Å². The number of fused-ring (bicyclic) bond motifs is 1. The van der Waals surface area contributed by atoms with Gasteiger partial charge >= 0.3 is 0 Å². The molecule has 4 aromatic rings. The van der Waals surface area contributed by atoms with Crippen LogP contribution in [-0.2, 0) is 4.79 Å². The normalized spacial score (nSPS) is 11.3. The van der Waals surface area contributed by atoms with Crippen LogP contribution in [0.25, 0.3) is 16.5 Å². The number of carbonyl (C=O) groups excluding carboxylic acids is 1. The van der Waals surface area contributed by atoms with E-state index < -0.39 is 0 Å². The molecule has 0 atom stereocenters. The van der Waals surface area contributed by atoms with Gasteiger partial charge in [-0.2, -0.15) is 5.10 Å². The Morgan fingerprint density at radius 3 is 2.38 bits per heavy atom. The van der Waals surface area contributed by atoms with Crippen molar-refractivity contribution in [3.8, 4) is 11.6 Å². The largest absolute Gasteiger partial charge is 0.494 e. The number of carbonyl (C=O) groups is 1. The van der Waals surface area contributed by atoms with E-state index in [4.69, 9.17) is 0 Å². The van der Waals surface area contributed by atoms with E-state index in [1.54, 1.807) is 36.4 Å². The number of hydrazone groups is 1. The van der Waals surface area contributed by atoms with Crippen molar-refractivity contribution in [1.82, 2.24) is 20.0 Å². The Hall–Kier alpha value is -3.98. The molecule has 0 spiro atoms. The van der Waals surface area contributed by atoms with Crippen molar-refractivity contribution in [2.45, 2.75) is 25.9 Å². The van der Waals surface area contributed by atoms with E-state index in [0.717, 1.165) is 17.0 Å². The van der Waals surface area contributed by atoms with Gasteiger partial charge in [0.1, 0.15) is 0 Å². The second kappa shape index (κ2) is 9.88. The summed E-state index contributed by atoms with van der Waals surface area (Å²) in [7, 11) is 0. The predicted octanol–water partition coefficient (Wildman–Crippen LogP) is 3.65. The number of aryl methyl sites for hydroxylation is 3. The molecule has 8 nitrogen and oxygen atoms in total. The number of benzene rings is 2. The van der Waals surface area contributed by atoms with Crippen molar-refractivity contribution < 1.29 is 9.90 Å². The quantitative estimate of drug-likeness (QED) is 0.191. The summed E-state index contributed by atoms with van der Waals surface area (Å²) in [6.07, 6.45) is 1.34. The highest BCUT2D eigenvalue weighted by atomic mass is 32.2. The lowest BCUT2D eigenvalue weighted by molar-refractivity contribution is -0.118. The van der Waals surface area contributed by atoms with E-state index in [2.05, 4.69) is 20.5 Å². The van der Waals surface area contributed by atoms with E-state index in [0.29, 0.717) is 27.2 Å². The monoisotopic (exact) mass is 473 g/mol. The van der Waals surface area contributed by atoms with Crippen molar-refractivity contribution in [1.29, 1.82) is 0 Å². The summed E-state index contributed by atoms with van der Waals surface area (Å²) in [4.78, 5) is 34.0. The first-order valence-corrected chi connectivity index (χ1v) is 11.5. The number of pyridine rings is 1. The van der Waals surface area contributed by atoms with Crippen LogP contribution in [0.1, 0.15) is 22.5 Å². The summed E-state index contributed by atoms with van der Waals surface area (Å²) in [5.74, 6) is -0.529. The van der Waals surface area contributed by atoms with Gasteiger partial charge in [0.15, 0.2) is 5.16 Å². The molecule has 2 aromatic carbocycles. The van der Waals surface area contributed by atoms with Gasteiger partial charge in [-0.15, -0.1) is 0 Å². The summed E-state index contributed by atoms with van der Waals surface area (Å²) in [5, 5.41) is 16.5. The third-order valence-electron chi connectivity index (χ3n) is 5.07. The van der Waals surface area contributed by atoms with Crippen LogP contribution >= 0.6 is 11.8 Å². The molecular formula is C25H23N5O3S. The zero-order valence-corrected chi connectivity index (χ0v) is 19.8. The molecule has 0 aliphatic heterocycles. The Balaban J connectivity index is 1.60. The first-order valence-electron chi connectivity index (χ1n) is 10.5. The highest BCUT2D eigenvalue weighted by Gasteiger charge is 2.16. The number of hydrogen-bond acceptors (Lipinski definition) is 7. The number of aromatic hydroxyl groups is 1. The summed E-state index contributed by atoms with van der Waals surface area (Å²) in [6.45, 7) is 5.68. The summed E-state index contributed by atoms with van der Waals surface area (Å²) in [6, 6.07) is 16.1. The first kappa shape index (κ1) is 23.2. The third-order valence-corrected chi connectivity index (χ3v) is 5.92. The van der Waals surface area contributed by atoms with Gasteiger partial charge in [0.25, 0.3) is 11.5 Å². The molecule has 0 bridgehead atoms. The fourth-order valence-corrected chi connectivity index (χ4v) is 4.25. The molecular weight excluding hydrogens is 450 g/mol. The molecule has 9 heteroatoms. The Kier molecular flexibility index (Phi) is 6.74. The minimum Gasteiger partial charge on any atom is -0.494 e. The van der Waals surface area contributed by atoms with Gasteiger partial charge in [-0.3, -0.25) is 9.59 Å². The SMILES string of the molecule is Cc1ccc(-n2c(O)c(/C=N/NC(=O)CSc3nc(C)cc(C)n3)c3ccccc3c2=O)cc1. The first-order chi connectivity index (χ1) is 16.3. The lowest BCUT2D eigenvalue weighted by atomic mass is 10.1. The van der Waals surface area contributed by atoms with Crippen LogP contribution in [0.2, 0.25) is 0 Å². The van der Waals surface area contributed by atoms with Crippen LogP contribution in [0.5, 0.6) is 5.88 Å². The molecule has 34 heavy (non-hydrogen) atoms. The van der Waals surface area contributed by atoms with Gasteiger partial charge < -0.3 is 5.11 Å². The molecule has 4 rings (SSSR count). The highest BCUT2D eigenvalue weighted by Crippen LogP contribution is 2.26. The van der Waals surface area contributed by atoms with Crippen LogP contribution in [0, 0.1) is 20.8 Å². The average molecular weight is 474 g/mol. The number of aromatic nitrogens is 3. The summed E-state index contributed by atoms with van der Waals surface area (Å²) in [5.41, 5.74) is 5.66. The van der Waals surface area contributed by atoms with Crippen molar-refractivity contribution in [3.05, 3.63) is 87.5 Å². The molecule has 0 fully saturated rings. The minimum atomic E-state index is -0.348. The van der Waals surface area contributed by atoms with Crippen molar-refractivity contribution in [2.75, 3.05) is 5.75 Å². The second-order valence-corrected chi connectivity index (χ2v) is 8.72. The van der Waals surface area contributed by atoms with Gasteiger partial charge in [0, 0.05) is 22.2 Å². The lowest BCUT2D eigenvalue weighted by Crippen LogP contribution is -2.21. The molecule has 172 valence electrons. The van der Waals surface area contributed by atoms with Crippen LogP contribution < -0.4 is 11.0 Å². The molecule has 0 saturated carbocycles. The van der Waals surface area contributed by atoms with Gasteiger partial charge in [-0.25, -0.2) is 20.0 Å². The Morgan fingerprint density at radius 1 is 1.06 bits per heavy atom. The van der Waals surface area contributed by atoms with Gasteiger partial charge in [-0.1, -0.05) is 47.7 Å². The van der Waals surface area contributed by atoms with Crippen LogP contribution in [0.4, 0.5) is 0 Å². The third kappa shape index (κ3) is 4.99. The standard InChI is InChI=1S/C25H23N5O3S/c1-15-8-10-18(11-9-15)30-23(32)20-7-5-4-6-19(20)21(24(30)33)13-26-29-22(31)14-34-25-27-16(2)12-17(3)28-25/h4-13,33H,14H2,1-3H3,(H,29,31)/b26-13+. The lowest BCUT2D eigenvalue weighted by Gasteiger charge is -2.13. The maximum Gasteiger partial charge on any atom is 0.265 e. The molecule has 0 aliphatic carbocycles. The van der Waals surface area contributed by atoms with Gasteiger partial charge in [0.05, 0.1) is 23.2 Å². The van der Waals surface area contributed by atoms with E-state index in [9.17, 15) is 14.7 Å². The summed E-state index contributed by atoms with van der Waals surface area (Å²) < 4.78 is 1.23. The number of nitrogens with one attached hydrogen (secondary N) is 1. The molecule has 0 radical (unpaired) electrons. The molecule has 0 unspecified atom stereocenters.